The molecule has 21 heavy (non-hydrogen) atoms. The van der Waals surface area contributed by atoms with Crippen LogP contribution in [0.3, 0.4) is 0 Å². The van der Waals surface area contributed by atoms with Crippen LogP contribution in [0, 0.1) is 41.5 Å². The number of rotatable bonds is 2. The number of hydrogen-bond donors (Lipinski definition) is 0. The topological polar surface area (TPSA) is 0 Å². The molecule has 112 valence electrons. The van der Waals surface area contributed by atoms with Crippen molar-refractivity contribution < 1.29 is 0 Å². The Kier molecular flexibility index (Phi) is 4.70. The van der Waals surface area contributed by atoms with Crippen molar-refractivity contribution >= 4 is 23.2 Å². The van der Waals surface area contributed by atoms with Gasteiger partial charge in [-0.05, 0) is 92.1 Å². The quantitative estimate of drug-likeness (QED) is 0.552. The molecule has 0 heterocycles. The molecule has 0 fully saturated rings. The fraction of sp³-hybridized carbons (Fsp3) is 0.368. The first-order valence-electron chi connectivity index (χ1n) is 7.22. The highest BCUT2D eigenvalue weighted by Crippen LogP contribution is 2.40. The summed E-state index contributed by atoms with van der Waals surface area (Å²) in [5.74, 6) is 0. The van der Waals surface area contributed by atoms with Crippen molar-refractivity contribution in [2.75, 3.05) is 0 Å². The smallest absolute Gasteiger partial charge is 0.0855 e. The number of benzene rings is 2. The third kappa shape index (κ3) is 2.84. The maximum atomic E-state index is 6.81. The van der Waals surface area contributed by atoms with Crippen LogP contribution in [0.5, 0.6) is 0 Å². The molecular weight excluding hydrogens is 299 g/mol. The zero-order chi connectivity index (χ0) is 15.9. The van der Waals surface area contributed by atoms with Crippen molar-refractivity contribution in [2.24, 2.45) is 0 Å². The van der Waals surface area contributed by atoms with E-state index in [9.17, 15) is 0 Å². The molecule has 0 nitrogen and oxygen atoms in total. The second kappa shape index (κ2) is 6.02. The lowest BCUT2D eigenvalue weighted by atomic mass is 9.86. The van der Waals surface area contributed by atoms with Crippen LogP contribution in [-0.4, -0.2) is 0 Å². The van der Waals surface area contributed by atoms with E-state index in [-0.39, 0.29) is 5.38 Å². The lowest BCUT2D eigenvalue weighted by Crippen LogP contribution is -2.06. The van der Waals surface area contributed by atoms with E-state index in [2.05, 4.69) is 40.7 Å². The van der Waals surface area contributed by atoms with Crippen LogP contribution < -0.4 is 0 Å². The van der Waals surface area contributed by atoms with Crippen LogP contribution in [-0.2, 0) is 0 Å². The summed E-state index contributed by atoms with van der Waals surface area (Å²) in [4.78, 5) is 0. The zero-order valence-corrected chi connectivity index (χ0v) is 15.1. The predicted octanol–water partition coefficient (Wildman–Crippen LogP) is 6.52. The van der Waals surface area contributed by atoms with Crippen molar-refractivity contribution in [3.8, 4) is 0 Å². The average Bonchev–Trinajstić information content (AvgIpc) is 2.43. The van der Waals surface area contributed by atoms with Crippen molar-refractivity contribution in [1.82, 2.24) is 0 Å². The molecule has 0 amide bonds. The Bertz CT molecular complexity index is 670. The largest absolute Gasteiger partial charge is 0.113 e. The summed E-state index contributed by atoms with van der Waals surface area (Å²) in [5.41, 5.74) is 9.87. The van der Waals surface area contributed by atoms with Crippen LogP contribution in [0.15, 0.2) is 18.2 Å². The minimum Gasteiger partial charge on any atom is -0.113 e. The minimum absolute atomic E-state index is 0.212. The fourth-order valence-electron chi connectivity index (χ4n) is 2.90. The van der Waals surface area contributed by atoms with Crippen LogP contribution in [0.25, 0.3) is 0 Å². The molecule has 0 N–H and O–H groups in total. The predicted molar refractivity (Wildman–Crippen MR) is 94.0 cm³/mol. The van der Waals surface area contributed by atoms with Gasteiger partial charge in [0, 0.05) is 5.02 Å². The Labute approximate surface area is 138 Å². The molecule has 2 heteroatoms. The van der Waals surface area contributed by atoms with Crippen LogP contribution in [0.2, 0.25) is 5.02 Å². The van der Waals surface area contributed by atoms with E-state index in [0.717, 1.165) is 16.1 Å². The molecule has 0 spiro atoms. The van der Waals surface area contributed by atoms with Crippen molar-refractivity contribution in [2.45, 2.75) is 46.9 Å². The maximum absolute atomic E-state index is 6.81. The average molecular weight is 321 g/mol. The zero-order valence-electron chi connectivity index (χ0n) is 13.6. The van der Waals surface area contributed by atoms with Gasteiger partial charge in [-0.15, -0.1) is 11.6 Å². The Morgan fingerprint density at radius 3 is 1.71 bits per heavy atom. The van der Waals surface area contributed by atoms with Gasteiger partial charge in [-0.25, -0.2) is 0 Å². The molecule has 0 aliphatic carbocycles. The molecule has 0 aromatic heterocycles. The minimum atomic E-state index is -0.212. The van der Waals surface area contributed by atoms with Gasteiger partial charge in [-0.2, -0.15) is 0 Å². The number of alkyl halides is 1. The summed E-state index contributed by atoms with van der Waals surface area (Å²) in [7, 11) is 0. The highest BCUT2D eigenvalue weighted by atomic mass is 35.5. The molecule has 0 radical (unpaired) electrons. The van der Waals surface area contributed by atoms with E-state index in [0.29, 0.717) is 0 Å². The molecule has 2 aromatic carbocycles. The highest BCUT2D eigenvalue weighted by molar-refractivity contribution is 6.33. The van der Waals surface area contributed by atoms with Crippen LogP contribution in [0.1, 0.15) is 49.9 Å². The van der Waals surface area contributed by atoms with Crippen LogP contribution in [0.4, 0.5) is 0 Å². The third-order valence-corrected chi connectivity index (χ3v) is 5.52. The van der Waals surface area contributed by atoms with Gasteiger partial charge in [0.05, 0.1) is 5.38 Å². The molecule has 1 atom stereocenters. The molecule has 2 rings (SSSR count). The fourth-order valence-corrected chi connectivity index (χ4v) is 3.82. The number of aryl methyl sites for hydroxylation is 1. The summed E-state index contributed by atoms with van der Waals surface area (Å²) in [5, 5.41) is 0.529. The van der Waals surface area contributed by atoms with Gasteiger partial charge in [0.15, 0.2) is 0 Å². The molecule has 0 saturated heterocycles. The lowest BCUT2D eigenvalue weighted by molar-refractivity contribution is 1.04. The highest BCUT2D eigenvalue weighted by Gasteiger charge is 2.21. The molecular formula is C19H22Cl2. The third-order valence-electron chi connectivity index (χ3n) is 4.74. The van der Waals surface area contributed by atoms with Gasteiger partial charge in [-0.3, -0.25) is 0 Å². The van der Waals surface area contributed by atoms with Crippen molar-refractivity contribution in [1.29, 1.82) is 0 Å². The lowest BCUT2D eigenvalue weighted by Gasteiger charge is -2.23. The first-order valence-corrected chi connectivity index (χ1v) is 8.04. The molecule has 2 aromatic rings. The molecule has 0 saturated carbocycles. The van der Waals surface area contributed by atoms with E-state index in [1.54, 1.807) is 0 Å². The summed E-state index contributed by atoms with van der Waals surface area (Å²) in [6.07, 6.45) is 0. The normalized spacial score (nSPS) is 12.6. The first-order chi connectivity index (χ1) is 9.75. The Morgan fingerprint density at radius 1 is 0.762 bits per heavy atom. The summed E-state index contributed by atoms with van der Waals surface area (Å²) < 4.78 is 0. The van der Waals surface area contributed by atoms with Gasteiger partial charge in [0.2, 0.25) is 0 Å². The second-order valence-corrected chi connectivity index (χ2v) is 6.77. The second-order valence-electron chi connectivity index (χ2n) is 5.93. The summed E-state index contributed by atoms with van der Waals surface area (Å²) in [6, 6.07) is 6.08. The Morgan fingerprint density at radius 2 is 1.24 bits per heavy atom. The Hall–Kier alpha value is -0.980. The summed E-state index contributed by atoms with van der Waals surface area (Å²) in [6.45, 7) is 12.9. The standard InChI is InChI=1S/C19H22Cl2/c1-10-7-8-16(17(20)9-10)19(21)18-14(5)12(3)11(2)13(4)15(18)6/h7-9,19H,1-6H3. The molecule has 1 unspecified atom stereocenters. The monoisotopic (exact) mass is 320 g/mol. The summed E-state index contributed by atoms with van der Waals surface area (Å²) >= 11 is 13.2. The van der Waals surface area contributed by atoms with Gasteiger partial charge >= 0.3 is 0 Å². The number of halogens is 2. The van der Waals surface area contributed by atoms with Gasteiger partial charge in [0.25, 0.3) is 0 Å². The van der Waals surface area contributed by atoms with Crippen LogP contribution >= 0.6 is 23.2 Å². The Balaban J connectivity index is 2.66. The van der Waals surface area contributed by atoms with Crippen molar-refractivity contribution in [3.05, 3.63) is 67.7 Å². The van der Waals surface area contributed by atoms with Gasteiger partial charge < -0.3 is 0 Å². The SMILES string of the molecule is Cc1ccc(C(Cl)c2c(C)c(C)c(C)c(C)c2C)c(Cl)c1. The van der Waals surface area contributed by atoms with Crippen molar-refractivity contribution in [3.63, 3.8) is 0 Å². The molecule has 0 aliphatic rings. The first kappa shape index (κ1) is 16.4. The van der Waals surface area contributed by atoms with E-state index in [1.165, 1.54) is 33.4 Å². The molecule has 0 aliphatic heterocycles. The molecule has 0 bridgehead atoms. The number of hydrogen-bond acceptors (Lipinski definition) is 0. The van der Waals surface area contributed by atoms with Gasteiger partial charge in [0.1, 0.15) is 0 Å². The van der Waals surface area contributed by atoms with E-state index < -0.39 is 0 Å². The maximum Gasteiger partial charge on any atom is 0.0855 e. The van der Waals surface area contributed by atoms with E-state index in [4.69, 9.17) is 23.2 Å². The van der Waals surface area contributed by atoms with E-state index in [1.807, 2.05) is 19.1 Å². The van der Waals surface area contributed by atoms with Gasteiger partial charge in [-0.1, -0.05) is 23.7 Å². The van der Waals surface area contributed by atoms with E-state index >= 15 is 0 Å².